The van der Waals surface area contributed by atoms with Gasteiger partial charge in [-0.15, -0.1) is 0 Å². The van der Waals surface area contributed by atoms with Crippen molar-refractivity contribution >= 4 is 23.2 Å². The summed E-state index contributed by atoms with van der Waals surface area (Å²) >= 11 is 6.00. The van der Waals surface area contributed by atoms with Gasteiger partial charge < -0.3 is 20.7 Å². The van der Waals surface area contributed by atoms with E-state index in [0.717, 1.165) is 19.5 Å². The Kier molecular flexibility index (Phi) is 6.54. The molecule has 6 heteroatoms. The standard InChI is InChI=1S/C17H26ClN3O2/c1-12-6-3-4-8-21(12)9-5-7-20-17(22)13-10-14(18)15(19)11-16(13)23-2/h10-12H,3-9,19H2,1-2H3,(H,20,22). The fraction of sp³-hybridized carbons (Fsp3) is 0.588. The summed E-state index contributed by atoms with van der Waals surface area (Å²) < 4.78 is 5.21. The maximum absolute atomic E-state index is 12.3. The number of nitrogens with one attached hydrogen (secondary N) is 1. The predicted octanol–water partition coefficient (Wildman–Crippen LogP) is 2.93. The van der Waals surface area contributed by atoms with Gasteiger partial charge in [-0.05, 0) is 38.8 Å². The molecule has 0 spiro atoms. The molecule has 0 aliphatic carbocycles. The summed E-state index contributed by atoms with van der Waals surface area (Å²) in [6.07, 6.45) is 4.80. The number of hydrogen-bond donors (Lipinski definition) is 2. The average Bonchev–Trinajstić information content (AvgIpc) is 2.55. The van der Waals surface area contributed by atoms with Crippen molar-refractivity contribution in [3.8, 4) is 5.75 Å². The molecule has 0 saturated carbocycles. The number of likely N-dealkylation sites (tertiary alicyclic amines) is 1. The number of carbonyl (C=O) groups is 1. The lowest BCUT2D eigenvalue weighted by atomic mass is 10.0. The first-order valence-corrected chi connectivity index (χ1v) is 8.56. The first kappa shape index (κ1) is 17.9. The second kappa shape index (κ2) is 8.41. The van der Waals surface area contributed by atoms with E-state index in [1.807, 2.05) is 0 Å². The molecule has 23 heavy (non-hydrogen) atoms. The molecular formula is C17H26ClN3O2. The molecule has 0 bridgehead atoms. The van der Waals surface area contributed by atoms with Crippen LogP contribution in [0.25, 0.3) is 0 Å². The summed E-state index contributed by atoms with van der Waals surface area (Å²) in [6.45, 7) is 5.09. The number of carbonyl (C=O) groups excluding carboxylic acids is 1. The number of anilines is 1. The number of amides is 1. The van der Waals surface area contributed by atoms with E-state index in [9.17, 15) is 4.79 Å². The van der Waals surface area contributed by atoms with E-state index in [1.54, 1.807) is 12.1 Å². The lowest BCUT2D eigenvalue weighted by Crippen LogP contribution is -2.39. The Bertz CT molecular complexity index is 551. The monoisotopic (exact) mass is 339 g/mol. The van der Waals surface area contributed by atoms with Crippen LogP contribution in [0.1, 0.15) is 43.0 Å². The van der Waals surface area contributed by atoms with Crippen molar-refractivity contribution in [2.45, 2.75) is 38.6 Å². The maximum Gasteiger partial charge on any atom is 0.255 e. The molecule has 1 aromatic carbocycles. The molecule has 1 saturated heterocycles. The lowest BCUT2D eigenvalue weighted by Gasteiger charge is -2.33. The summed E-state index contributed by atoms with van der Waals surface area (Å²) in [6, 6.07) is 3.78. The first-order chi connectivity index (χ1) is 11.0. The quantitative estimate of drug-likeness (QED) is 0.617. The topological polar surface area (TPSA) is 67.6 Å². The average molecular weight is 340 g/mol. The summed E-state index contributed by atoms with van der Waals surface area (Å²) in [5, 5.41) is 3.29. The van der Waals surface area contributed by atoms with Crippen LogP contribution in [0.3, 0.4) is 0 Å². The SMILES string of the molecule is COc1cc(N)c(Cl)cc1C(=O)NCCCN1CCCCC1C. The number of hydrogen-bond acceptors (Lipinski definition) is 4. The second-order valence-corrected chi connectivity index (χ2v) is 6.47. The molecule has 3 N–H and O–H groups in total. The Morgan fingerprint density at radius 3 is 2.96 bits per heavy atom. The minimum Gasteiger partial charge on any atom is -0.496 e. The van der Waals surface area contributed by atoms with E-state index in [0.29, 0.717) is 34.6 Å². The summed E-state index contributed by atoms with van der Waals surface area (Å²) in [7, 11) is 1.51. The highest BCUT2D eigenvalue weighted by Gasteiger charge is 2.18. The molecule has 1 amide bonds. The zero-order valence-corrected chi connectivity index (χ0v) is 14.7. The number of halogens is 1. The smallest absolute Gasteiger partial charge is 0.255 e. The van der Waals surface area contributed by atoms with Crippen LogP contribution < -0.4 is 15.8 Å². The molecule has 1 aliphatic heterocycles. The van der Waals surface area contributed by atoms with Crippen LogP contribution in [0, 0.1) is 0 Å². The molecule has 5 nitrogen and oxygen atoms in total. The van der Waals surface area contributed by atoms with Gasteiger partial charge in [-0.25, -0.2) is 0 Å². The van der Waals surface area contributed by atoms with Crippen LogP contribution in [-0.4, -0.2) is 43.6 Å². The summed E-state index contributed by atoms with van der Waals surface area (Å²) in [5.74, 6) is 0.254. The number of methoxy groups -OCH3 is 1. The van der Waals surface area contributed by atoms with E-state index < -0.39 is 0 Å². The van der Waals surface area contributed by atoms with Gasteiger partial charge in [0.05, 0.1) is 23.4 Å². The summed E-state index contributed by atoms with van der Waals surface area (Å²) in [5.41, 5.74) is 6.55. The number of piperidine rings is 1. The van der Waals surface area contributed by atoms with Crippen LogP contribution in [-0.2, 0) is 0 Å². The Balaban J connectivity index is 1.84. The molecule has 2 rings (SSSR count). The van der Waals surface area contributed by atoms with Crippen LogP contribution in [0.5, 0.6) is 5.75 Å². The summed E-state index contributed by atoms with van der Waals surface area (Å²) in [4.78, 5) is 14.8. The Morgan fingerprint density at radius 2 is 2.26 bits per heavy atom. The van der Waals surface area contributed by atoms with Gasteiger partial charge in [0, 0.05) is 25.2 Å². The van der Waals surface area contributed by atoms with Crippen LogP contribution >= 0.6 is 11.6 Å². The van der Waals surface area contributed by atoms with E-state index in [4.69, 9.17) is 22.1 Å². The Labute approximate surface area is 143 Å². The number of nitrogens with zero attached hydrogens (tertiary/aromatic N) is 1. The molecule has 1 heterocycles. The third kappa shape index (κ3) is 4.75. The first-order valence-electron chi connectivity index (χ1n) is 8.18. The van der Waals surface area contributed by atoms with Crippen molar-refractivity contribution in [1.82, 2.24) is 10.2 Å². The van der Waals surface area contributed by atoms with Crippen LogP contribution in [0.2, 0.25) is 5.02 Å². The van der Waals surface area contributed by atoms with Gasteiger partial charge >= 0.3 is 0 Å². The molecule has 0 radical (unpaired) electrons. The second-order valence-electron chi connectivity index (χ2n) is 6.06. The predicted molar refractivity (Wildman–Crippen MR) is 94.3 cm³/mol. The fourth-order valence-corrected chi connectivity index (χ4v) is 3.15. The van der Waals surface area contributed by atoms with Gasteiger partial charge in [-0.2, -0.15) is 0 Å². The van der Waals surface area contributed by atoms with E-state index in [-0.39, 0.29) is 5.91 Å². The molecule has 1 unspecified atom stereocenters. The van der Waals surface area contributed by atoms with Gasteiger partial charge in [0.1, 0.15) is 5.75 Å². The molecular weight excluding hydrogens is 314 g/mol. The van der Waals surface area contributed by atoms with Crippen molar-refractivity contribution in [2.75, 3.05) is 32.5 Å². The van der Waals surface area contributed by atoms with Crippen molar-refractivity contribution < 1.29 is 9.53 Å². The van der Waals surface area contributed by atoms with Crippen molar-refractivity contribution in [1.29, 1.82) is 0 Å². The molecule has 0 aromatic heterocycles. The number of nitrogens with two attached hydrogens (primary N) is 1. The molecule has 1 aromatic rings. The molecule has 1 atom stereocenters. The van der Waals surface area contributed by atoms with E-state index in [2.05, 4.69) is 17.1 Å². The highest BCUT2D eigenvalue weighted by molar-refractivity contribution is 6.33. The molecule has 128 valence electrons. The van der Waals surface area contributed by atoms with Gasteiger partial charge in [0.15, 0.2) is 0 Å². The zero-order chi connectivity index (χ0) is 16.8. The minimum absolute atomic E-state index is 0.185. The van der Waals surface area contributed by atoms with Gasteiger partial charge in [-0.3, -0.25) is 4.79 Å². The van der Waals surface area contributed by atoms with Crippen LogP contribution in [0.15, 0.2) is 12.1 Å². The van der Waals surface area contributed by atoms with Gasteiger partial charge in [-0.1, -0.05) is 18.0 Å². The van der Waals surface area contributed by atoms with Crippen molar-refractivity contribution in [3.63, 3.8) is 0 Å². The highest BCUT2D eigenvalue weighted by atomic mass is 35.5. The Morgan fingerprint density at radius 1 is 1.48 bits per heavy atom. The van der Waals surface area contributed by atoms with E-state index in [1.165, 1.54) is 26.4 Å². The number of nitrogen functional groups attached to an aromatic ring is 1. The largest absolute Gasteiger partial charge is 0.496 e. The Hall–Kier alpha value is -1.46. The van der Waals surface area contributed by atoms with Crippen molar-refractivity contribution in [2.24, 2.45) is 0 Å². The highest BCUT2D eigenvalue weighted by Crippen LogP contribution is 2.28. The number of ether oxygens (including phenoxy) is 1. The number of benzene rings is 1. The number of rotatable bonds is 6. The molecule has 1 aliphatic rings. The van der Waals surface area contributed by atoms with Crippen molar-refractivity contribution in [3.05, 3.63) is 22.7 Å². The minimum atomic E-state index is -0.185. The zero-order valence-electron chi connectivity index (χ0n) is 13.9. The van der Waals surface area contributed by atoms with Crippen LogP contribution in [0.4, 0.5) is 5.69 Å². The van der Waals surface area contributed by atoms with E-state index >= 15 is 0 Å². The van der Waals surface area contributed by atoms with Gasteiger partial charge in [0.2, 0.25) is 0 Å². The third-order valence-electron chi connectivity index (χ3n) is 4.41. The molecule has 1 fully saturated rings. The fourth-order valence-electron chi connectivity index (χ4n) is 2.98. The lowest BCUT2D eigenvalue weighted by molar-refractivity contribution is 0.0946. The van der Waals surface area contributed by atoms with Gasteiger partial charge in [0.25, 0.3) is 5.91 Å². The normalized spacial score (nSPS) is 18.7. The third-order valence-corrected chi connectivity index (χ3v) is 4.74. The maximum atomic E-state index is 12.3.